The first kappa shape index (κ1) is 21.3. The van der Waals surface area contributed by atoms with Crippen LogP contribution in [-0.2, 0) is 11.3 Å². The zero-order chi connectivity index (χ0) is 22.5. The van der Waals surface area contributed by atoms with E-state index in [1.807, 2.05) is 43.3 Å². The van der Waals surface area contributed by atoms with Crippen molar-refractivity contribution in [3.63, 3.8) is 0 Å². The third kappa shape index (κ3) is 4.70. The largest absolute Gasteiger partial charge is 0.484 e. The van der Waals surface area contributed by atoms with E-state index >= 15 is 0 Å². The smallest absolute Gasteiger partial charge is 0.262 e. The van der Waals surface area contributed by atoms with Crippen LogP contribution in [0.1, 0.15) is 13.3 Å². The fraction of sp³-hybridized carbons (Fsp3) is 0.154. The highest BCUT2D eigenvalue weighted by atomic mass is 19.1. The standard InChI is InChI=1S/C26H23FN2O3/c1-2-14-29-24-15-21(32-17-25(30)28-20-10-8-19(27)9-11-20)12-13-22(24)23(16-26(29)31)18-6-4-3-5-7-18/h3-13,15-16H,2,14,17H2,1H3,(H,28,30). The van der Waals surface area contributed by atoms with E-state index in [0.717, 1.165) is 28.5 Å². The van der Waals surface area contributed by atoms with E-state index < -0.39 is 0 Å². The van der Waals surface area contributed by atoms with Gasteiger partial charge in [0.15, 0.2) is 6.61 Å². The number of amides is 1. The van der Waals surface area contributed by atoms with Crippen molar-refractivity contribution in [2.75, 3.05) is 11.9 Å². The quantitative estimate of drug-likeness (QED) is 0.436. The number of hydrogen-bond acceptors (Lipinski definition) is 3. The molecule has 5 nitrogen and oxygen atoms in total. The Labute approximate surface area is 185 Å². The van der Waals surface area contributed by atoms with Gasteiger partial charge in [-0.1, -0.05) is 37.3 Å². The minimum atomic E-state index is -0.372. The first-order valence-corrected chi connectivity index (χ1v) is 10.5. The van der Waals surface area contributed by atoms with Gasteiger partial charge in [-0.25, -0.2) is 4.39 Å². The number of rotatable bonds is 7. The number of halogens is 1. The Kier molecular flexibility index (Phi) is 6.31. The molecule has 0 saturated heterocycles. The summed E-state index contributed by atoms with van der Waals surface area (Å²) in [6.45, 7) is 2.39. The maximum atomic E-state index is 13.0. The second kappa shape index (κ2) is 9.47. The summed E-state index contributed by atoms with van der Waals surface area (Å²) in [4.78, 5) is 25.1. The molecular weight excluding hydrogens is 407 g/mol. The molecule has 0 spiro atoms. The maximum Gasteiger partial charge on any atom is 0.262 e. The van der Waals surface area contributed by atoms with Crippen molar-refractivity contribution in [1.82, 2.24) is 4.57 Å². The van der Waals surface area contributed by atoms with Crippen LogP contribution in [0.25, 0.3) is 22.0 Å². The summed E-state index contributed by atoms with van der Waals surface area (Å²) in [5.74, 6) is -0.245. The van der Waals surface area contributed by atoms with Crippen molar-refractivity contribution >= 4 is 22.5 Å². The predicted octanol–water partition coefficient (Wildman–Crippen LogP) is 5.24. The topological polar surface area (TPSA) is 60.3 Å². The van der Waals surface area contributed by atoms with Crippen LogP contribution in [0.3, 0.4) is 0 Å². The number of ether oxygens (including phenoxy) is 1. The van der Waals surface area contributed by atoms with Gasteiger partial charge in [-0.05, 0) is 53.9 Å². The Morgan fingerprint density at radius 1 is 1.00 bits per heavy atom. The highest BCUT2D eigenvalue weighted by molar-refractivity contribution is 5.95. The van der Waals surface area contributed by atoms with Crippen molar-refractivity contribution in [1.29, 1.82) is 0 Å². The van der Waals surface area contributed by atoms with Crippen LogP contribution in [0, 0.1) is 5.82 Å². The molecule has 0 fully saturated rings. The molecule has 4 rings (SSSR count). The lowest BCUT2D eigenvalue weighted by molar-refractivity contribution is -0.118. The molecule has 0 aliphatic rings. The zero-order valence-corrected chi connectivity index (χ0v) is 17.7. The molecule has 0 unspecified atom stereocenters. The first-order chi connectivity index (χ1) is 15.5. The van der Waals surface area contributed by atoms with Crippen LogP contribution in [0.5, 0.6) is 5.75 Å². The predicted molar refractivity (Wildman–Crippen MR) is 124 cm³/mol. The Hall–Kier alpha value is -3.93. The molecule has 4 aromatic rings. The van der Waals surface area contributed by atoms with Gasteiger partial charge in [0.2, 0.25) is 0 Å². The molecule has 162 valence electrons. The molecule has 0 saturated carbocycles. The Morgan fingerprint density at radius 3 is 2.47 bits per heavy atom. The van der Waals surface area contributed by atoms with Gasteiger partial charge in [0.05, 0.1) is 5.52 Å². The number of carbonyl (C=O) groups is 1. The molecule has 0 aliphatic carbocycles. The summed E-state index contributed by atoms with van der Waals surface area (Å²) in [5.41, 5.74) is 2.99. The van der Waals surface area contributed by atoms with E-state index in [2.05, 4.69) is 5.32 Å². The minimum absolute atomic E-state index is 0.0793. The van der Waals surface area contributed by atoms with Gasteiger partial charge in [0, 0.05) is 29.8 Å². The lowest BCUT2D eigenvalue weighted by atomic mass is 10.0. The van der Waals surface area contributed by atoms with Gasteiger partial charge < -0.3 is 14.6 Å². The van der Waals surface area contributed by atoms with Crippen LogP contribution in [0.4, 0.5) is 10.1 Å². The summed E-state index contributed by atoms with van der Waals surface area (Å²) in [6, 6.07) is 22.5. The number of pyridine rings is 1. The molecule has 6 heteroatoms. The number of benzene rings is 3. The minimum Gasteiger partial charge on any atom is -0.484 e. The molecule has 3 aromatic carbocycles. The molecule has 32 heavy (non-hydrogen) atoms. The zero-order valence-electron chi connectivity index (χ0n) is 17.7. The Balaban J connectivity index is 1.62. The van der Waals surface area contributed by atoms with Crippen molar-refractivity contribution in [2.45, 2.75) is 19.9 Å². The second-order valence-corrected chi connectivity index (χ2v) is 7.44. The lowest BCUT2D eigenvalue weighted by Crippen LogP contribution is -2.21. The van der Waals surface area contributed by atoms with Crippen molar-refractivity contribution < 1.29 is 13.9 Å². The van der Waals surface area contributed by atoms with Crippen LogP contribution >= 0.6 is 0 Å². The molecular formula is C26H23FN2O3. The lowest BCUT2D eigenvalue weighted by Gasteiger charge is -2.15. The van der Waals surface area contributed by atoms with Crippen LogP contribution in [0.15, 0.2) is 83.7 Å². The number of nitrogens with zero attached hydrogens (tertiary/aromatic N) is 1. The maximum absolute atomic E-state index is 13.0. The van der Waals surface area contributed by atoms with Crippen LogP contribution in [0.2, 0.25) is 0 Å². The van der Waals surface area contributed by atoms with E-state index in [4.69, 9.17) is 4.74 Å². The Bertz CT molecular complexity index is 1300. The number of anilines is 1. The third-order valence-corrected chi connectivity index (χ3v) is 5.11. The van der Waals surface area contributed by atoms with Crippen molar-refractivity contribution in [3.05, 3.63) is 95.0 Å². The van der Waals surface area contributed by atoms with Gasteiger partial charge in [0.25, 0.3) is 11.5 Å². The molecule has 1 aromatic heterocycles. The number of aryl methyl sites for hydroxylation is 1. The van der Waals surface area contributed by atoms with E-state index in [9.17, 15) is 14.0 Å². The van der Waals surface area contributed by atoms with Crippen LogP contribution in [-0.4, -0.2) is 17.1 Å². The van der Waals surface area contributed by atoms with E-state index in [0.29, 0.717) is 18.0 Å². The van der Waals surface area contributed by atoms with Crippen molar-refractivity contribution in [2.24, 2.45) is 0 Å². The monoisotopic (exact) mass is 430 g/mol. The molecule has 1 N–H and O–H groups in total. The van der Waals surface area contributed by atoms with E-state index in [1.165, 1.54) is 24.3 Å². The fourth-order valence-electron chi connectivity index (χ4n) is 3.64. The number of nitrogens with one attached hydrogen (secondary N) is 1. The van der Waals surface area contributed by atoms with Crippen molar-refractivity contribution in [3.8, 4) is 16.9 Å². The summed E-state index contributed by atoms with van der Waals surface area (Å²) in [7, 11) is 0. The van der Waals surface area contributed by atoms with Gasteiger partial charge in [-0.2, -0.15) is 0 Å². The highest BCUT2D eigenvalue weighted by Gasteiger charge is 2.12. The molecule has 1 heterocycles. The Morgan fingerprint density at radius 2 is 1.75 bits per heavy atom. The SMILES string of the molecule is CCCn1c(=O)cc(-c2ccccc2)c2ccc(OCC(=O)Nc3ccc(F)cc3)cc21. The number of carbonyl (C=O) groups excluding carboxylic acids is 1. The summed E-state index contributed by atoms with van der Waals surface area (Å²) in [5, 5.41) is 3.60. The first-order valence-electron chi connectivity index (χ1n) is 10.5. The van der Waals surface area contributed by atoms with Gasteiger partial charge in [0.1, 0.15) is 11.6 Å². The normalized spacial score (nSPS) is 10.8. The number of hydrogen-bond donors (Lipinski definition) is 1. The molecule has 0 bridgehead atoms. The number of aromatic nitrogens is 1. The molecule has 0 aliphatic heterocycles. The summed E-state index contributed by atoms with van der Waals surface area (Å²) >= 11 is 0. The average molecular weight is 430 g/mol. The summed E-state index contributed by atoms with van der Waals surface area (Å²) < 4.78 is 20.4. The van der Waals surface area contributed by atoms with E-state index in [-0.39, 0.29) is 23.9 Å². The highest BCUT2D eigenvalue weighted by Crippen LogP contribution is 2.30. The average Bonchev–Trinajstić information content (AvgIpc) is 2.81. The summed E-state index contributed by atoms with van der Waals surface area (Å²) in [6.07, 6.45) is 0.810. The second-order valence-electron chi connectivity index (χ2n) is 7.44. The van der Waals surface area contributed by atoms with Gasteiger partial charge in [-0.15, -0.1) is 0 Å². The van der Waals surface area contributed by atoms with Crippen LogP contribution < -0.4 is 15.6 Å². The molecule has 0 atom stereocenters. The molecule has 0 radical (unpaired) electrons. The third-order valence-electron chi connectivity index (χ3n) is 5.11. The van der Waals surface area contributed by atoms with E-state index in [1.54, 1.807) is 22.8 Å². The number of fused-ring (bicyclic) bond motifs is 1. The molecule has 1 amide bonds. The fourth-order valence-corrected chi connectivity index (χ4v) is 3.64. The van der Waals surface area contributed by atoms with Gasteiger partial charge in [-0.3, -0.25) is 9.59 Å². The van der Waals surface area contributed by atoms with Gasteiger partial charge >= 0.3 is 0 Å².